The minimum atomic E-state index is -3.63. The fourth-order valence-corrected chi connectivity index (χ4v) is 5.61. The monoisotopic (exact) mass is 467 g/mol. The lowest BCUT2D eigenvalue weighted by Crippen LogP contribution is -2.32. The van der Waals surface area contributed by atoms with Crippen molar-refractivity contribution in [3.05, 3.63) is 72.4 Å². The van der Waals surface area contributed by atoms with E-state index in [1.165, 1.54) is 29.6 Å². The molecule has 9 heteroatoms. The van der Waals surface area contributed by atoms with Crippen LogP contribution in [0.2, 0.25) is 0 Å². The van der Waals surface area contributed by atoms with Crippen LogP contribution in [-0.4, -0.2) is 56.2 Å². The van der Waals surface area contributed by atoms with Crippen LogP contribution in [0.5, 0.6) is 5.75 Å². The van der Waals surface area contributed by atoms with Gasteiger partial charge >= 0.3 is 0 Å². The summed E-state index contributed by atoms with van der Waals surface area (Å²) in [5, 5.41) is 3.01. The molecule has 2 amide bonds. The highest BCUT2D eigenvalue weighted by atomic mass is 32.2. The van der Waals surface area contributed by atoms with Gasteiger partial charge < -0.3 is 10.1 Å². The summed E-state index contributed by atoms with van der Waals surface area (Å²) < 4.78 is 32.8. The van der Waals surface area contributed by atoms with Gasteiger partial charge in [-0.15, -0.1) is 6.58 Å². The number of para-hydroxylation sites is 1. The third-order valence-corrected chi connectivity index (χ3v) is 7.56. The molecular weight excluding hydrogens is 442 g/mol. The van der Waals surface area contributed by atoms with Crippen LogP contribution in [0, 0.1) is 0 Å². The molecule has 2 heterocycles. The first-order valence-electron chi connectivity index (χ1n) is 10.6. The largest absolute Gasteiger partial charge is 0.496 e. The van der Waals surface area contributed by atoms with Crippen molar-refractivity contribution in [2.45, 2.75) is 17.7 Å². The van der Waals surface area contributed by atoms with Gasteiger partial charge in [-0.1, -0.05) is 30.3 Å². The highest BCUT2D eigenvalue weighted by Gasteiger charge is 2.39. The van der Waals surface area contributed by atoms with E-state index in [2.05, 4.69) is 11.9 Å². The normalized spacial score (nSPS) is 17.1. The molecule has 2 aromatic rings. The first-order valence-corrected chi connectivity index (χ1v) is 12.0. The molecule has 0 aromatic heterocycles. The Hall–Kier alpha value is -3.43. The second-order valence-electron chi connectivity index (χ2n) is 7.72. The van der Waals surface area contributed by atoms with Crippen LogP contribution < -0.4 is 10.1 Å². The third-order valence-electron chi connectivity index (χ3n) is 5.66. The molecule has 0 saturated carbocycles. The number of hydrogen-bond acceptors (Lipinski definition) is 6. The summed E-state index contributed by atoms with van der Waals surface area (Å²) in [6.07, 6.45) is 3.14. The van der Waals surface area contributed by atoms with Crippen molar-refractivity contribution in [2.75, 3.05) is 32.1 Å². The fourth-order valence-electron chi connectivity index (χ4n) is 4.04. The molecule has 0 unspecified atom stereocenters. The predicted octanol–water partition coefficient (Wildman–Crippen LogP) is 2.86. The number of nitrogens with one attached hydrogen (secondary N) is 1. The number of ether oxygens (including phenoxy) is 1. The van der Waals surface area contributed by atoms with Gasteiger partial charge in [-0.2, -0.15) is 4.31 Å². The first-order chi connectivity index (χ1) is 15.9. The Morgan fingerprint density at radius 1 is 1.06 bits per heavy atom. The molecular formula is C24H25N3O5S. The number of methoxy groups -OCH3 is 1. The number of imide groups is 1. The molecule has 0 bridgehead atoms. The Kier molecular flexibility index (Phi) is 6.35. The van der Waals surface area contributed by atoms with E-state index < -0.39 is 21.8 Å². The van der Waals surface area contributed by atoms with E-state index in [9.17, 15) is 18.0 Å². The summed E-state index contributed by atoms with van der Waals surface area (Å²) in [5.41, 5.74) is 1.07. The van der Waals surface area contributed by atoms with Gasteiger partial charge in [0.2, 0.25) is 10.0 Å². The van der Waals surface area contributed by atoms with Crippen molar-refractivity contribution in [2.24, 2.45) is 0 Å². The molecule has 4 rings (SSSR count). The maximum absolute atomic E-state index is 13.2. The average molecular weight is 468 g/mol. The topological polar surface area (TPSA) is 96.0 Å². The van der Waals surface area contributed by atoms with Crippen molar-refractivity contribution < 1.29 is 22.7 Å². The molecule has 1 saturated heterocycles. The number of nitrogens with zero attached hydrogens (tertiary/aromatic N) is 2. The molecule has 0 aliphatic carbocycles. The van der Waals surface area contributed by atoms with Gasteiger partial charge in [-0.05, 0) is 37.1 Å². The lowest BCUT2D eigenvalue weighted by atomic mass is 10.0. The average Bonchev–Trinajstić information content (AvgIpc) is 3.44. The number of hydrogen-bond donors (Lipinski definition) is 1. The Labute approximate surface area is 193 Å². The lowest BCUT2D eigenvalue weighted by molar-refractivity contribution is -0.136. The minimum absolute atomic E-state index is 0.0465. The number of anilines is 1. The van der Waals surface area contributed by atoms with Gasteiger partial charge in [0.25, 0.3) is 11.8 Å². The van der Waals surface area contributed by atoms with Gasteiger partial charge in [0, 0.05) is 30.9 Å². The zero-order valence-electron chi connectivity index (χ0n) is 18.3. The molecule has 2 aliphatic rings. The third kappa shape index (κ3) is 4.17. The molecule has 2 aromatic carbocycles. The number of carbonyl (C=O) groups is 2. The van der Waals surface area contributed by atoms with Crippen molar-refractivity contribution in [3.8, 4) is 5.75 Å². The Morgan fingerprint density at radius 2 is 1.79 bits per heavy atom. The predicted molar refractivity (Wildman–Crippen MR) is 125 cm³/mol. The van der Waals surface area contributed by atoms with Crippen LogP contribution in [0.15, 0.2) is 71.8 Å². The number of amides is 2. The standard InChI is InChI=1S/C24H25N3O5S/c1-3-13-27-23(28)21(19-11-4-5-12-20(19)32-2)22(24(27)29)25-17-9-8-10-18(16-17)33(30,31)26-14-6-7-15-26/h3-5,8-12,16,25H,1,6-7,13-15H2,2H3. The minimum Gasteiger partial charge on any atom is -0.496 e. The summed E-state index contributed by atoms with van der Waals surface area (Å²) in [5.74, 6) is -0.555. The zero-order valence-corrected chi connectivity index (χ0v) is 19.1. The molecule has 0 spiro atoms. The van der Waals surface area contributed by atoms with Crippen LogP contribution in [0.4, 0.5) is 5.69 Å². The van der Waals surface area contributed by atoms with Gasteiger partial charge in [0.1, 0.15) is 11.4 Å². The molecule has 2 aliphatic heterocycles. The quantitative estimate of drug-likeness (QED) is 0.474. The van der Waals surface area contributed by atoms with Crippen molar-refractivity contribution in [3.63, 3.8) is 0 Å². The van der Waals surface area contributed by atoms with Crippen LogP contribution in [0.3, 0.4) is 0 Å². The van der Waals surface area contributed by atoms with Crippen LogP contribution >= 0.6 is 0 Å². The summed E-state index contributed by atoms with van der Waals surface area (Å²) in [4.78, 5) is 27.5. The zero-order chi connectivity index (χ0) is 23.6. The Balaban J connectivity index is 1.77. The molecule has 172 valence electrons. The van der Waals surface area contributed by atoms with E-state index in [-0.39, 0.29) is 22.7 Å². The van der Waals surface area contributed by atoms with Gasteiger partial charge in [-0.3, -0.25) is 14.5 Å². The number of carbonyl (C=O) groups excluding carboxylic acids is 2. The number of rotatable bonds is 8. The van der Waals surface area contributed by atoms with Crippen molar-refractivity contribution in [1.29, 1.82) is 0 Å². The van der Waals surface area contributed by atoms with E-state index in [1.54, 1.807) is 36.4 Å². The fraction of sp³-hybridized carbons (Fsp3) is 0.250. The van der Waals surface area contributed by atoms with Gasteiger partial charge in [0.05, 0.1) is 17.6 Å². The van der Waals surface area contributed by atoms with Crippen molar-refractivity contribution >= 4 is 33.1 Å². The summed E-state index contributed by atoms with van der Waals surface area (Å²) >= 11 is 0. The molecule has 33 heavy (non-hydrogen) atoms. The lowest BCUT2D eigenvalue weighted by Gasteiger charge is -2.17. The molecule has 0 radical (unpaired) electrons. The Bertz CT molecular complexity index is 1250. The van der Waals surface area contributed by atoms with Crippen LogP contribution in [0.1, 0.15) is 18.4 Å². The van der Waals surface area contributed by atoms with E-state index in [1.807, 2.05) is 0 Å². The van der Waals surface area contributed by atoms with E-state index in [0.717, 1.165) is 17.7 Å². The maximum Gasteiger partial charge on any atom is 0.278 e. The van der Waals surface area contributed by atoms with Crippen molar-refractivity contribution in [1.82, 2.24) is 9.21 Å². The Morgan fingerprint density at radius 3 is 2.48 bits per heavy atom. The summed E-state index contributed by atoms with van der Waals surface area (Å²) in [6.45, 7) is 4.66. The number of sulfonamides is 1. The molecule has 0 atom stereocenters. The van der Waals surface area contributed by atoms with E-state index >= 15 is 0 Å². The van der Waals surface area contributed by atoms with Crippen LogP contribution in [-0.2, 0) is 19.6 Å². The summed E-state index contributed by atoms with van der Waals surface area (Å²) in [7, 11) is -2.15. The van der Waals surface area contributed by atoms with Gasteiger partial charge in [-0.25, -0.2) is 8.42 Å². The second kappa shape index (κ2) is 9.21. The first kappa shape index (κ1) is 22.8. The van der Waals surface area contributed by atoms with Crippen LogP contribution in [0.25, 0.3) is 5.57 Å². The SMILES string of the molecule is C=CCN1C(=O)C(Nc2cccc(S(=O)(=O)N3CCCC3)c2)=C(c2ccccc2OC)C1=O. The number of benzene rings is 2. The summed E-state index contributed by atoms with van der Waals surface area (Å²) in [6, 6.07) is 13.2. The molecule has 8 nitrogen and oxygen atoms in total. The highest BCUT2D eigenvalue weighted by Crippen LogP contribution is 2.35. The molecule has 1 fully saturated rings. The second-order valence-corrected chi connectivity index (χ2v) is 9.66. The smallest absolute Gasteiger partial charge is 0.278 e. The maximum atomic E-state index is 13.2. The van der Waals surface area contributed by atoms with E-state index in [0.29, 0.717) is 30.1 Å². The molecule has 1 N–H and O–H groups in total. The van der Waals surface area contributed by atoms with Gasteiger partial charge in [0.15, 0.2) is 0 Å². The highest BCUT2D eigenvalue weighted by molar-refractivity contribution is 7.89. The van der Waals surface area contributed by atoms with E-state index in [4.69, 9.17) is 4.74 Å².